The van der Waals surface area contributed by atoms with Crippen molar-refractivity contribution < 1.29 is 9.22 Å². The van der Waals surface area contributed by atoms with E-state index in [1.807, 2.05) is 0 Å². The molecule has 0 spiro atoms. The molecule has 0 saturated heterocycles. The van der Waals surface area contributed by atoms with E-state index in [1.165, 1.54) is 0 Å². The van der Waals surface area contributed by atoms with Crippen molar-refractivity contribution in [1.82, 2.24) is 4.98 Å². The van der Waals surface area contributed by atoms with Crippen LogP contribution in [0.3, 0.4) is 0 Å². The Labute approximate surface area is 61.6 Å². The zero-order chi connectivity index (χ0) is 7.40. The van der Waals surface area contributed by atoms with Gasteiger partial charge in [0.25, 0.3) is 0 Å². The van der Waals surface area contributed by atoms with Gasteiger partial charge in [0.15, 0.2) is 0 Å². The van der Waals surface area contributed by atoms with Gasteiger partial charge in [0, 0.05) is 12.4 Å². The lowest BCUT2D eigenvalue weighted by Crippen LogP contribution is -2.01. The highest BCUT2D eigenvalue weighted by Gasteiger charge is 2.00. The molecule has 10 heavy (non-hydrogen) atoms. The number of aromatic nitrogens is 1. The molecule has 0 bridgehead atoms. The summed E-state index contributed by atoms with van der Waals surface area (Å²) in [6.45, 7) is 0. The summed E-state index contributed by atoms with van der Waals surface area (Å²) in [5.74, 6) is -0.269. The Hall–Kier alpha value is -1.16. The van der Waals surface area contributed by atoms with Crippen molar-refractivity contribution in [1.29, 1.82) is 0 Å². The minimum atomic E-state index is -0.269. The van der Waals surface area contributed by atoms with Crippen LogP contribution in [-0.2, 0) is 4.43 Å². The van der Waals surface area contributed by atoms with Gasteiger partial charge in [0.05, 0.1) is 5.56 Å². The highest BCUT2D eigenvalue weighted by Crippen LogP contribution is 1.96. The van der Waals surface area contributed by atoms with Crippen LogP contribution in [0.5, 0.6) is 0 Å². The zero-order valence-electron chi connectivity index (χ0n) is 5.57. The first-order valence-corrected chi connectivity index (χ1v) is 3.64. The molecular weight excluding hydrogens is 146 g/mol. The summed E-state index contributed by atoms with van der Waals surface area (Å²) in [4.78, 5) is 14.6. The normalized spacial score (nSPS) is 9.20. The second-order valence-corrected chi connectivity index (χ2v) is 2.14. The van der Waals surface area contributed by atoms with E-state index < -0.39 is 0 Å². The standard InChI is InChI=1S/C6H7NO2Si/c8-6(9-10)5-1-3-7-4-2-5/h1-4H,10H3. The summed E-state index contributed by atoms with van der Waals surface area (Å²) in [5, 5.41) is 0. The zero-order valence-corrected chi connectivity index (χ0v) is 7.57. The van der Waals surface area contributed by atoms with Crippen LogP contribution in [0.1, 0.15) is 10.4 Å². The Morgan fingerprint density at radius 2 is 2.10 bits per heavy atom. The van der Waals surface area contributed by atoms with Crippen LogP contribution in [-0.4, -0.2) is 21.4 Å². The van der Waals surface area contributed by atoms with Crippen LogP contribution < -0.4 is 0 Å². The lowest BCUT2D eigenvalue weighted by molar-refractivity contribution is 0.0749. The van der Waals surface area contributed by atoms with E-state index in [4.69, 9.17) is 0 Å². The molecule has 1 rings (SSSR count). The molecule has 1 heterocycles. The van der Waals surface area contributed by atoms with E-state index >= 15 is 0 Å². The number of hydrogen-bond donors (Lipinski definition) is 0. The molecule has 3 nitrogen and oxygen atoms in total. The average Bonchev–Trinajstić information content (AvgIpc) is 2.05. The first-order chi connectivity index (χ1) is 4.84. The summed E-state index contributed by atoms with van der Waals surface area (Å²) in [6, 6.07) is 3.25. The average molecular weight is 153 g/mol. The molecule has 0 radical (unpaired) electrons. The maximum absolute atomic E-state index is 10.8. The Balaban J connectivity index is 2.85. The van der Waals surface area contributed by atoms with Crippen LogP contribution in [0.25, 0.3) is 0 Å². The summed E-state index contributed by atoms with van der Waals surface area (Å²) in [5.41, 5.74) is 0.560. The van der Waals surface area contributed by atoms with Crippen molar-refractivity contribution in [2.75, 3.05) is 0 Å². The molecule has 0 N–H and O–H groups in total. The molecule has 1 aromatic heterocycles. The van der Waals surface area contributed by atoms with Crippen LogP contribution in [0.15, 0.2) is 24.5 Å². The predicted octanol–water partition coefficient (Wildman–Crippen LogP) is -0.481. The molecule has 52 valence electrons. The first kappa shape index (κ1) is 6.95. The maximum atomic E-state index is 10.8. The van der Waals surface area contributed by atoms with E-state index in [-0.39, 0.29) is 5.97 Å². The largest absolute Gasteiger partial charge is 0.525 e. The molecule has 1 aromatic rings. The van der Waals surface area contributed by atoms with Crippen molar-refractivity contribution in [2.45, 2.75) is 0 Å². The minimum Gasteiger partial charge on any atom is -0.525 e. The summed E-state index contributed by atoms with van der Waals surface area (Å²) in [7, 11) is 0.438. The number of pyridine rings is 1. The van der Waals surface area contributed by atoms with E-state index in [9.17, 15) is 4.79 Å². The van der Waals surface area contributed by atoms with Gasteiger partial charge in [-0.3, -0.25) is 4.98 Å². The van der Waals surface area contributed by atoms with Crippen molar-refractivity contribution in [3.63, 3.8) is 0 Å². The monoisotopic (exact) mass is 153 g/mol. The van der Waals surface area contributed by atoms with Crippen LogP contribution in [0.2, 0.25) is 0 Å². The fourth-order valence-electron chi connectivity index (χ4n) is 0.606. The van der Waals surface area contributed by atoms with Crippen molar-refractivity contribution in [3.8, 4) is 0 Å². The smallest absolute Gasteiger partial charge is 0.324 e. The van der Waals surface area contributed by atoms with Crippen LogP contribution in [0.4, 0.5) is 0 Å². The van der Waals surface area contributed by atoms with Crippen LogP contribution in [0, 0.1) is 0 Å². The van der Waals surface area contributed by atoms with Gasteiger partial charge in [-0.15, -0.1) is 0 Å². The lowest BCUT2D eigenvalue weighted by atomic mass is 10.3. The molecule has 0 unspecified atom stereocenters. The molecule has 4 heteroatoms. The van der Waals surface area contributed by atoms with Gasteiger partial charge in [-0.05, 0) is 12.1 Å². The van der Waals surface area contributed by atoms with Gasteiger partial charge in [-0.25, -0.2) is 4.79 Å². The molecule has 0 atom stereocenters. The molecule has 0 saturated carbocycles. The fourth-order valence-corrected chi connectivity index (χ4v) is 0.842. The van der Waals surface area contributed by atoms with Crippen molar-refractivity contribution >= 4 is 16.5 Å². The van der Waals surface area contributed by atoms with Gasteiger partial charge >= 0.3 is 5.97 Å². The van der Waals surface area contributed by atoms with E-state index in [0.717, 1.165) is 0 Å². The highest BCUT2D eigenvalue weighted by molar-refractivity contribution is 6.09. The van der Waals surface area contributed by atoms with Gasteiger partial charge in [-0.2, -0.15) is 0 Å². The molecular formula is C6H7NO2Si. The number of carbonyl (C=O) groups is 1. The molecule has 0 aliphatic heterocycles. The fraction of sp³-hybridized carbons (Fsp3) is 0. The highest BCUT2D eigenvalue weighted by atomic mass is 28.2. The Bertz CT molecular complexity index is 224. The van der Waals surface area contributed by atoms with Gasteiger partial charge in [0.2, 0.25) is 10.5 Å². The second-order valence-electron chi connectivity index (χ2n) is 1.73. The number of hydrogen-bond acceptors (Lipinski definition) is 3. The first-order valence-electron chi connectivity index (χ1n) is 2.83. The van der Waals surface area contributed by atoms with E-state index in [1.54, 1.807) is 24.5 Å². The predicted molar refractivity (Wildman–Crippen MR) is 39.6 cm³/mol. The van der Waals surface area contributed by atoms with Gasteiger partial charge in [0.1, 0.15) is 0 Å². The third kappa shape index (κ3) is 1.41. The summed E-state index contributed by atoms with van der Waals surface area (Å²) >= 11 is 0. The number of nitrogens with zero attached hydrogens (tertiary/aromatic N) is 1. The molecule has 0 fully saturated rings. The SMILES string of the molecule is O=C(O[SiH3])c1ccncc1. The topological polar surface area (TPSA) is 39.2 Å². The Morgan fingerprint density at radius 1 is 1.50 bits per heavy atom. The summed E-state index contributed by atoms with van der Waals surface area (Å²) < 4.78 is 4.61. The molecule has 0 aliphatic rings. The van der Waals surface area contributed by atoms with Crippen molar-refractivity contribution in [2.24, 2.45) is 0 Å². The van der Waals surface area contributed by atoms with E-state index in [0.29, 0.717) is 16.0 Å². The van der Waals surface area contributed by atoms with Crippen LogP contribution >= 0.6 is 0 Å². The third-order valence-corrected chi connectivity index (χ3v) is 1.47. The van der Waals surface area contributed by atoms with Gasteiger partial charge in [-0.1, -0.05) is 0 Å². The number of carbonyl (C=O) groups excluding carboxylic acids is 1. The molecule has 0 aromatic carbocycles. The van der Waals surface area contributed by atoms with Crippen molar-refractivity contribution in [3.05, 3.63) is 30.1 Å². The van der Waals surface area contributed by atoms with Gasteiger partial charge < -0.3 is 4.43 Å². The van der Waals surface area contributed by atoms with E-state index in [2.05, 4.69) is 9.41 Å². The summed E-state index contributed by atoms with van der Waals surface area (Å²) in [6.07, 6.45) is 3.13. The second kappa shape index (κ2) is 3.12. The lowest BCUT2D eigenvalue weighted by Gasteiger charge is -1.96. The minimum absolute atomic E-state index is 0.269. The Kier molecular flexibility index (Phi) is 2.17. The third-order valence-electron chi connectivity index (χ3n) is 1.10. The quantitative estimate of drug-likeness (QED) is 0.511. The number of rotatable bonds is 1. The molecule has 0 amide bonds. The maximum Gasteiger partial charge on any atom is 0.324 e. The Morgan fingerprint density at radius 3 is 2.60 bits per heavy atom. The molecule has 0 aliphatic carbocycles.